The molecule has 0 saturated heterocycles. The maximum absolute atomic E-state index is 4.82. The number of rotatable bonds is 5. The van der Waals surface area contributed by atoms with Crippen LogP contribution in [0.3, 0.4) is 0 Å². The van der Waals surface area contributed by atoms with Gasteiger partial charge in [-0.05, 0) is 38.5 Å². The molecule has 2 rings (SSSR count). The fourth-order valence-corrected chi connectivity index (χ4v) is 2.65. The van der Waals surface area contributed by atoms with E-state index in [9.17, 15) is 0 Å². The highest BCUT2D eigenvalue weighted by atomic mass is 14.9. The number of aromatic nitrogens is 2. The van der Waals surface area contributed by atoms with Crippen molar-refractivity contribution < 1.29 is 0 Å². The highest BCUT2D eigenvalue weighted by Crippen LogP contribution is 2.27. The molecule has 1 aliphatic carbocycles. The van der Waals surface area contributed by atoms with Gasteiger partial charge >= 0.3 is 0 Å². The Hall–Kier alpha value is -0.790. The molecule has 1 unspecified atom stereocenters. The largest absolute Gasteiger partial charge is 0.345 e. The molecular formula is C14H24N2. The maximum atomic E-state index is 4.82. The summed E-state index contributed by atoms with van der Waals surface area (Å²) in [6.45, 7) is 4.54. The molecule has 1 aliphatic rings. The van der Waals surface area contributed by atoms with Crippen molar-refractivity contribution in [1.29, 1.82) is 0 Å². The van der Waals surface area contributed by atoms with Crippen molar-refractivity contribution >= 4 is 0 Å². The second kappa shape index (κ2) is 5.51. The van der Waals surface area contributed by atoms with Gasteiger partial charge in [0, 0.05) is 11.6 Å². The molecule has 0 saturated carbocycles. The molecule has 90 valence electrons. The number of nitrogens with zero attached hydrogens (tertiary/aromatic N) is 1. The maximum Gasteiger partial charge on any atom is 0.109 e. The number of unbranched alkanes of at least 4 members (excludes halogenated alkanes) is 1. The SMILES string of the molecule is CCCCC(CC)c1nc2c([nH]1)CCCC2. The average Bonchev–Trinajstić information content (AvgIpc) is 2.73. The number of H-pyrrole nitrogens is 1. The molecule has 1 heterocycles. The highest BCUT2D eigenvalue weighted by molar-refractivity contribution is 5.19. The summed E-state index contributed by atoms with van der Waals surface area (Å²) < 4.78 is 0. The number of hydrogen-bond donors (Lipinski definition) is 1. The Balaban J connectivity index is 2.09. The van der Waals surface area contributed by atoms with E-state index in [1.54, 1.807) is 0 Å². The van der Waals surface area contributed by atoms with Crippen LogP contribution in [0.5, 0.6) is 0 Å². The van der Waals surface area contributed by atoms with E-state index in [1.165, 1.54) is 68.6 Å². The van der Waals surface area contributed by atoms with Gasteiger partial charge in [0.2, 0.25) is 0 Å². The number of nitrogens with one attached hydrogen (secondary N) is 1. The summed E-state index contributed by atoms with van der Waals surface area (Å²) in [4.78, 5) is 8.40. The van der Waals surface area contributed by atoms with Gasteiger partial charge in [-0.15, -0.1) is 0 Å². The molecule has 1 atom stereocenters. The monoisotopic (exact) mass is 220 g/mol. The molecule has 0 fully saturated rings. The van der Waals surface area contributed by atoms with Crippen LogP contribution in [-0.4, -0.2) is 9.97 Å². The van der Waals surface area contributed by atoms with Crippen molar-refractivity contribution in [3.05, 3.63) is 17.2 Å². The lowest BCUT2D eigenvalue weighted by atomic mass is 9.99. The molecule has 2 heteroatoms. The molecule has 1 aromatic rings. The van der Waals surface area contributed by atoms with Crippen molar-refractivity contribution in [3.63, 3.8) is 0 Å². The summed E-state index contributed by atoms with van der Waals surface area (Å²) in [6, 6.07) is 0. The van der Waals surface area contributed by atoms with E-state index in [0.717, 1.165) is 0 Å². The molecule has 0 radical (unpaired) electrons. The highest BCUT2D eigenvalue weighted by Gasteiger charge is 2.18. The van der Waals surface area contributed by atoms with Gasteiger partial charge in [-0.3, -0.25) is 0 Å². The van der Waals surface area contributed by atoms with Crippen LogP contribution in [0.4, 0.5) is 0 Å². The number of imidazole rings is 1. The normalized spacial score (nSPS) is 17.1. The lowest BCUT2D eigenvalue weighted by Gasteiger charge is -2.10. The molecule has 0 amide bonds. The van der Waals surface area contributed by atoms with Gasteiger partial charge in [-0.1, -0.05) is 26.7 Å². The van der Waals surface area contributed by atoms with Gasteiger partial charge in [0.25, 0.3) is 0 Å². The Kier molecular flexibility index (Phi) is 4.03. The molecule has 0 aromatic carbocycles. The minimum atomic E-state index is 0.658. The van der Waals surface area contributed by atoms with E-state index >= 15 is 0 Å². The quantitative estimate of drug-likeness (QED) is 0.799. The van der Waals surface area contributed by atoms with Crippen LogP contribution < -0.4 is 0 Å². The molecule has 0 bridgehead atoms. The lowest BCUT2D eigenvalue weighted by Crippen LogP contribution is -2.00. The predicted molar refractivity (Wildman–Crippen MR) is 67.8 cm³/mol. The topological polar surface area (TPSA) is 28.7 Å². The van der Waals surface area contributed by atoms with Crippen molar-refractivity contribution in [2.75, 3.05) is 0 Å². The summed E-state index contributed by atoms with van der Waals surface area (Å²) in [5.74, 6) is 1.92. The predicted octanol–water partition coefficient (Wildman–Crippen LogP) is 3.97. The number of hydrogen-bond acceptors (Lipinski definition) is 1. The van der Waals surface area contributed by atoms with Crippen molar-refractivity contribution in [2.24, 2.45) is 0 Å². The Labute approximate surface area is 98.9 Å². The molecule has 0 aliphatic heterocycles. The van der Waals surface area contributed by atoms with Crippen molar-refractivity contribution in [2.45, 2.75) is 71.1 Å². The van der Waals surface area contributed by atoms with E-state index in [1.807, 2.05) is 0 Å². The third-order valence-electron chi connectivity index (χ3n) is 3.76. The van der Waals surface area contributed by atoms with E-state index in [2.05, 4.69) is 18.8 Å². The third-order valence-corrected chi connectivity index (χ3v) is 3.76. The average molecular weight is 220 g/mol. The second-order valence-corrected chi connectivity index (χ2v) is 5.00. The zero-order valence-corrected chi connectivity index (χ0v) is 10.7. The number of fused-ring (bicyclic) bond motifs is 1. The van der Waals surface area contributed by atoms with E-state index in [0.29, 0.717) is 5.92 Å². The Morgan fingerprint density at radius 1 is 1.25 bits per heavy atom. The molecule has 2 nitrogen and oxygen atoms in total. The standard InChI is InChI=1S/C14H24N2/c1-3-5-8-11(4-2)14-15-12-9-6-7-10-13(12)16-14/h11H,3-10H2,1-2H3,(H,15,16). The smallest absolute Gasteiger partial charge is 0.109 e. The van der Waals surface area contributed by atoms with Crippen LogP contribution >= 0.6 is 0 Å². The van der Waals surface area contributed by atoms with Crippen LogP contribution in [0.15, 0.2) is 0 Å². The van der Waals surface area contributed by atoms with Crippen molar-refractivity contribution in [1.82, 2.24) is 9.97 Å². The zero-order chi connectivity index (χ0) is 11.4. The lowest BCUT2D eigenvalue weighted by molar-refractivity contribution is 0.546. The minimum Gasteiger partial charge on any atom is -0.345 e. The van der Waals surface area contributed by atoms with Crippen LogP contribution in [0.2, 0.25) is 0 Å². The van der Waals surface area contributed by atoms with Crippen LogP contribution in [0.25, 0.3) is 0 Å². The summed E-state index contributed by atoms with van der Waals surface area (Å²) in [7, 11) is 0. The van der Waals surface area contributed by atoms with E-state index < -0.39 is 0 Å². The molecule has 1 N–H and O–H groups in total. The molecular weight excluding hydrogens is 196 g/mol. The first-order chi connectivity index (χ1) is 7.85. The van der Waals surface area contributed by atoms with Gasteiger partial charge in [0.1, 0.15) is 5.82 Å². The van der Waals surface area contributed by atoms with Gasteiger partial charge in [-0.2, -0.15) is 0 Å². The Bertz CT molecular complexity index is 304. The van der Waals surface area contributed by atoms with Gasteiger partial charge in [0.05, 0.1) is 5.69 Å². The summed E-state index contributed by atoms with van der Waals surface area (Å²) in [5, 5.41) is 0. The number of aryl methyl sites for hydroxylation is 2. The third kappa shape index (κ3) is 2.47. The van der Waals surface area contributed by atoms with Gasteiger partial charge in [0.15, 0.2) is 0 Å². The molecule has 16 heavy (non-hydrogen) atoms. The van der Waals surface area contributed by atoms with E-state index in [-0.39, 0.29) is 0 Å². The van der Waals surface area contributed by atoms with Crippen LogP contribution in [0.1, 0.15) is 75.5 Å². The molecule has 0 spiro atoms. The first-order valence-corrected chi connectivity index (χ1v) is 6.92. The van der Waals surface area contributed by atoms with Gasteiger partial charge in [-0.25, -0.2) is 4.98 Å². The molecule has 1 aromatic heterocycles. The Morgan fingerprint density at radius 2 is 2.06 bits per heavy atom. The fraction of sp³-hybridized carbons (Fsp3) is 0.786. The summed E-state index contributed by atoms with van der Waals surface area (Å²) in [5.41, 5.74) is 2.78. The van der Waals surface area contributed by atoms with Crippen LogP contribution in [-0.2, 0) is 12.8 Å². The van der Waals surface area contributed by atoms with E-state index in [4.69, 9.17) is 4.98 Å². The summed E-state index contributed by atoms with van der Waals surface area (Å²) >= 11 is 0. The fourth-order valence-electron chi connectivity index (χ4n) is 2.65. The first kappa shape index (κ1) is 11.7. The van der Waals surface area contributed by atoms with Crippen molar-refractivity contribution in [3.8, 4) is 0 Å². The summed E-state index contributed by atoms with van der Waals surface area (Å²) in [6.07, 6.45) is 10.2. The number of aromatic amines is 1. The Morgan fingerprint density at radius 3 is 2.75 bits per heavy atom. The zero-order valence-electron chi connectivity index (χ0n) is 10.7. The minimum absolute atomic E-state index is 0.658. The second-order valence-electron chi connectivity index (χ2n) is 5.00. The first-order valence-electron chi connectivity index (χ1n) is 6.92. The van der Waals surface area contributed by atoms with Crippen LogP contribution in [0, 0.1) is 0 Å². The van der Waals surface area contributed by atoms with Gasteiger partial charge < -0.3 is 4.98 Å².